The fraction of sp³-hybridized carbons (Fsp3) is 0.571. The molecule has 0 aliphatic carbocycles. The van der Waals surface area contributed by atoms with Crippen LogP contribution in [0.15, 0.2) is 24.3 Å². The Kier molecular flexibility index (Phi) is 6.72. The molecular weight excluding hydrogens is 228 g/mol. The number of benzene rings is 1. The minimum atomic E-state index is 0.107. The summed E-state index contributed by atoms with van der Waals surface area (Å²) in [5.41, 5.74) is 2.49. The van der Waals surface area contributed by atoms with Gasteiger partial charge in [-0.3, -0.25) is 0 Å². The lowest BCUT2D eigenvalue weighted by Gasteiger charge is -2.16. The van der Waals surface area contributed by atoms with Crippen LogP contribution in [0.5, 0.6) is 0 Å². The normalized spacial score (nSPS) is 12.4. The number of ether oxygens (including phenoxy) is 2. The zero-order chi connectivity index (χ0) is 13.4. The third-order valence-corrected chi connectivity index (χ3v) is 2.84. The molecule has 4 nitrogen and oxygen atoms in total. The van der Waals surface area contributed by atoms with Crippen molar-refractivity contribution in [3.63, 3.8) is 0 Å². The molecule has 0 radical (unpaired) electrons. The van der Waals surface area contributed by atoms with Gasteiger partial charge in [0, 0.05) is 47.1 Å². The molecule has 0 bridgehead atoms. The molecule has 0 fully saturated rings. The van der Waals surface area contributed by atoms with Crippen molar-refractivity contribution in [1.29, 1.82) is 0 Å². The molecule has 0 amide bonds. The van der Waals surface area contributed by atoms with Crippen LogP contribution in [-0.2, 0) is 16.0 Å². The van der Waals surface area contributed by atoms with Gasteiger partial charge >= 0.3 is 0 Å². The summed E-state index contributed by atoms with van der Waals surface area (Å²) in [4.78, 5) is 2.09. The average molecular weight is 252 g/mol. The summed E-state index contributed by atoms with van der Waals surface area (Å²) >= 11 is 0. The maximum absolute atomic E-state index is 5.29. The number of nitrogens with zero attached hydrogens (tertiary/aromatic N) is 1. The van der Waals surface area contributed by atoms with Crippen molar-refractivity contribution in [1.82, 2.24) is 5.32 Å². The van der Waals surface area contributed by atoms with E-state index in [1.54, 1.807) is 14.2 Å². The first kappa shape index (κ1) is 15.0. The zero-order valence-electron chi connectivity index (χ0n) is 11.8. The molecule has 0 spiro atoms. The van der Waals surface area contributed by atoms with Gasteiger partial charge in [-0.1, -0.05) is 12.1 Å². The van der Waals surface area contributed by atoms with Crippen LogP contribution in [0.3, 0.4) is 0 Å². The summed E-state index contributed by atoms with van der Waals surface area (Å²) in [5.74, 6) is 0. The lowest BCUT2D eigenvalue weighted by Crippen LogP contribution is -2.31. The van der Waals surface area contributed by atoms with Crippen molar-refractivity contribution < 1.29 is 9.47 Å². The highest BCUT2D eigenvalue weighted by atomic mass is 16.5. The first-order valence-electron chi connectivity index (χ1n) is 6.16. The van der Waals surface area contributed by atoms with Crippen LogP contribution in [-0.4, -0.2) is 47.6 Å². The van der Waals surface area contributed by atoms with Gasteiger partial charge in [0.05, 0.1) is 12.7 Å². The second-order valence-corrected chi connectivity index (χ2v) is 4.50. The third-order valence-electron chi connectivity index (χ3n) is 2.84. The minimum Gasteiger partial charge on any atom is -0.382 e. The quantitative estimate of drug-likeness (QED) is 0.760. The smallest absolute Gasteiger partial charge is 0.0928 e. The standard InChI is InChI=1S/C14H24N2O2/c1-16(2)13-7-5-12(6-8-13)9-15-10-14(18-4)11-17-3/h5-8,14-15H,9-11H2,1-4H3. The molecule has 102 valence electrons. The Morgan fingerprint density at radius 2 is 1.83 bits per heavy atom. The molecule has 4 heteroatoms. The molecular formula is C14H24N2O2. The minimum absolute atomic E-state index is 0.107. The highest BCUT2D eigenvalue weighted by Gasteiger charge is 2.05. The molecule has 1 rings (SSSR count). The van der Waals surface area contributed by atoms with Gasteiger partial charge in [0.2, 0.25) is 0 Å². The number of rotatable bonds is 8. The molecule has 0 saturated heterocycles. The van der Waals surface area contributed by atoms with Crippen molar-refractivity contribution >= 4 is 5.69 Å². The van der Waals surface area contributed by atoms with Crippen LogP contribution in [0, 0.1) is 0 Å². The van der Waals surface area contributed by atoms with Gasteiger partial charge < -0.3 is 19.7 Å². The van der Waals surface area contributed by atoms with E-state index in [4.69, 9.17) is 9.47 Å². The Morgan fingerprint density at radius 3 is 2.33 bits per heavy atom. The van der Waals surface area contributed by atoms with Crippen LogP contribution in [0.25, 0.3) is 0 Å². The third kappa shape index (κ3) is 5.04. The first-order chi connectivity index (χ1) is 8.67. The van der Waals surface area contributed by atoms with Crippen molar-refractivity contribution in [2.75, 3.05) is 46.4 Å². The SMILES string of the molecule is COCC(CNCc1ccc(N(C)C)cc1)OC. The molecule has 1 aromatic carbocycles. The van der Waals surface area contributed by atoms with E-state index in [0.29, 0.717) is 6.61 Å². The van der Waals surface area contributed by atoms with Crippen molar-refractivity contribution in [3.8, 4) is 0 Å². The van der Waals surface area contributed by atoms with E-state index in [1.807, 2.05) is 14.1 Å². The number of hydrogen-bond acceptors (Lipinski definition) is 4. The lowest BCUT2D eigenvalue weighted by molar-refractivity contribution is 0.0288. The van der Waals surface area contributed by atoms with Gasteiger partial charge in [0.25, 0.3) is 0 Å². The van der Waals surface area contributed by atoms with Gasteiger partial charge in [-0.05, 0) is 17.7 Å². The van der Waals surface area contributed by atoms with Gasteiger partial charge in [0.1, 0.15) is 0 Å². The predicted octanol–water partition coefficient (Wildman–Crippen LogP) is 1.50. The van der Waals surface area contributed by atoms with Crippen LogP contribution >= 0.6 is 0 Å². The van der Waals surface area contributed by atoms with Gasteiger partial charge in [-0.25, -0.2) is 0 Å². The van der Waals surface area contributed by atoms with Crippen molar-refractivity contribution in [2.24, 2.45) is 0 Å². The van der Waals surface area contributed by atoms with E-state index < -0.39 is 0 Å². The summed E-state index contributed by atoms with van der Waals surface area (Å²) in [6.07, 6.45) is 0.107. The van der Waals surface area contributed by atoms with E-state index in [9.17, 15) is 0 Å². The highest BCUT2D eigenvalue weighted by molar-refractivity contribution is 5.45. The Hall–Kier alpha value is -1.10. The Morgan fingerprint density at radius 1 is 1.17 bits per heavy atom. The number of methoxy groups -OCH3 is 2. The lowest BCUT2D eigenvalue weighted by atomic mass is 10.2. The van der Waals surface area contributed by atoms with Crippen LogP contribution < -0.4 is 10.2 Å². The molecule has 0 aromatic heterocycles. The maximum Gasteiger partial charge on any atom is 0.0928 e. The maximum atomic E-state index is 5.29. The Balaban J connectivity index is 2.34. The van der Waals surface area contributed by atoms with Crippen LogP contribution in [0.2, 0.25) is 0 Å². The summed E-state index contributed by atoms with van der Waals surface area (Å²) in [6, 6.07) is 8.53. The number of hydrogen-bond donors (Lipinski definition) is 1. The molecule has 0 saturated carbocycles. The first-order valence-corrected chi connectivity index (χ1v) is 6.16. The molecule has 0 aliphatic rings. The van der Waals surface area contributed by atoms with E-state index in [-0.39, 0.29) is 6.10 Å². The largest absolute Gasteiger partial charge is 0.382 e. The summed E-state index contributed by atoms with van der Waals surface area (Å²) in [6.45, 7) is 2.25. The Labute approximate surface area is 110 Å². The average Bonchev–Trinajstić information content (AvgIpc) is 2.38. The fourth-order valence-corrected chi connectivity index (χ4v) is 1.69. The summed E-state index contributed by atoms with van der Waals surface area (Å²) in [7, 11) is 7.48. The molecule has 18 heavy (non-hydrogen) atoms. The summed E-state index contributed by atoms with van der Waals surface area (Å²) < 4.78 is 10.4. The molecule has 1 unspecified atom stereocenters. The molecule has 1 atom stereocenters. The van der Waals surface area contributed by atoms with Crippen LogP contribution in [0.4, 0.5) is 5.69 Å². The summed E-state index contributed by atoms with van der Waals surface area (Å²) in [5, 5.41) is 3.37. The number of nitrogens with one attached hydrogen (secondary N) is 1. The van der Waals surface area contributed by atoms with Crippen molar-refractivity contribution in [2.45, 2.75) is 12.6 Å². The van der Waals surface area contributed by atoms with E-state index in [2.05, 4.69) is 34.5 Å². The Bertz CT molecular complexity index is 325. The van der Waals surface area contributed by atoms with E-state index >= 15 is 0 Å². The topological polar surface area (TPSA) is 33.7 Å². The second kappa shape index (κ2) is 8.08. The molecule has 0 heterocycles. The van der Waals surface area contributed by atoms with Crippen LogP contribution in [0.1, 0.15) is 5.56 Å². The van der Waals surface area contributed by atoms with E-state index in [1.165, 1.54) is 11.3 Å². The zero-order valence-corrected chi connectivity index (χ0v) is 11.8. The molecule has 1 aromatic rings. The van der Waals surface area contributed by atoms with E-state index in [0.717, 1.165) is 13.1 Å². The molecule has 1 N–H and O–H groups in total. The monoisotopic (exact) mass is 252 g/mol. The van der Waals surface area contributed by atoms with Gasteiger partial charge in [0.15, 0.2) is 0 Å². The predicted molar refractivity (Wildman–Crippen MR) is 75.1 cm³/mol. The second-order valence-electron chi connectivity index (χ2n) is 4.50. The highest BCUT2D eigenvalue weighted by Crippen LogP contribution is 2.11. The van der Waals surface area contributed by atoms with Crippen molar-refractivity contribution in [3.05, 3.63) is 29.8 Å². The van der Waals surface area contributed by atoms with Gasteiger partial charge in [-0.2, -0.15) is 0 Å². The fourth-order valence-electron chi connectivity index (χ4n) is 1.69. The number of anilines is 1. The van der Waals surface area contributed by atoms with Gasteiger partial charge in [-0.15, -0.1) is 0 Å². The molecule has 0 aliphatic heterocycles.